The van der Waals surface area contributed by atoms with E-state index in [1.54, 1.807) is 12.1 Å². The summed E-state index contributed by atoms with van der Waals surface area (Å²) in [6.45, 7) is 5.73. The van der Waals surface area contributed by atoms with Crippen molar-refractivity contribution in [1.29, 1.82) is 0 Å². The maximum atomic E-state index is 14.3. The van der Waals surface area contributed by atoms with Crippen LogP contribution in [-0.2, 0) is 4.79 Å². The lowest BCUT2D eigenvalue weighted by atomic mass is 10.2. The molecule has 0 radical (unpaired) electrons. The molecular weight excluding hydrogens is 343 g/mol. The molecule has 0 aliphatic carbocycles. The van der Waals surface area contributed by atoms with Crippen LogP contribution >= 0.6 is 11.3 Å². The van der Waals surface area contributed by atoms with Gasteiger partial charge in [-0.1, -0.05) is 13.8 Å². The minimum absolute atomic E-state index is 0.0165. The lowest BCUT2D eigenvalue weighted by Crippen LogP contribution is -2.35. The van der Waals surface area contributed by atoms with Crippen molar-refractivity contribution in [3.63, 3.8) is 0 Å². The van der Waals surface area contributed by atoms with Gasteiger partial charge in [0.25, 0.3) is 0 Å². The number of aliphatic hydroxyl groups is 1. The number of hydrogen-bond acceptors (Lipinski definition) is 5. The number of anilines is 2. The van der Waals surface area contributed by atoms with Gasteiger partial charge in [0.1, 0.15) is 17.7 Å². The molecule has 1 unspecified atom stereocenters. The van der Waals surface area contributed by atoms with Crippen molar-refractivity contribution in [2.75, 3.05) is 18.1 Å². The summed E-state index contributed by atoms with van der Waals surface area (Å²) in [4.78, 5) is 13.4. The number of aliphatic hydroxyl groups excluding tert-OH is 1. The molecule has 0 saturated carbocycles. The Bertz CT molecular complexity index is 692. The molecule has 0 spiro atoms. The molecule has 1 aromatic carbocycles. The molecule has 0 fully saturated rings. The first kappa shape index (κ1) is 19.4. The monoisotopic (exact) mass is 366 g/mol. The van der Waals surface area contributed by atoms with Crippen LogP contribution in [0.5, 0.6) is 5.75 Å². The van der Waals surface area contributed by atoms with Crippen LogP contribution in [0.25, 0.3) is 0 Å². The van der Waals surface area contributed by atoms with Crippen molar-refractivity contribution < 1.29 is 19.0 Å². The fourth-order valence-electron chi connectivity index (χ4n) is 2.22. The first-order valence-electron chi connectivity index (χ1n) is 8.06. The molecule has 0 saturated heterocycles. The van der Waals surface area contributed by atoms with Crippen LogP contribution in [0.3, 0.4) is 0 Å². The van der Waals surface area contributed by atoms with Gasteiger partial charge in [-0.2, -0.15) is 0 Å². The number of ether oxygens (including phenoxy) is 1. The van der Waals surface area contributed by atoms with E-state index in [4.69, 9.17) is 4.74 Å². The van der Waals surface area contributed by atoms with Crippen LogP contribution in [0.15, 0.2) is 35.7 Å². The van der Waals surface area contributed by atoms with E-state index in [9.17, 15) is 14.3 Å². The molecule has 2 aromatic rings. The topological polar surface area (TPSA) is 61.8 Å². The lowest BCUT2D eigenvalue weighted by Gasteiger charge is -2.20. The molecule has 7 heteroatoms. The Morgan fingerprint density at radius 3 is 2.72 bits per heavy atom. The Balaban J connectivity index is 2.06. The minimum atomic E-state index is -0.735. The molecule has 2 N–H and O–H groups in total. The van der Waals surface area contributed by atoms with E-state index in [0.717, 1.165) is 5.00 Å². The van der Waals surface area contributed by atoms with Gasteiger partial charge < -0.3 is 15.2 Å². The zero-order valence-corrected chi connectivity index (χ0v) is 15.3. The average molecular weight is 366 g/mol. The lowest BCUT2D eigenvalue weighted by molar-refractivity contribution is -0.115. The maximum absolute atomic E-state index is 14.3. The highest BCUT2D eigenvalue weighted by Crippen LogP contribution is 2.32. The molecule has 1 aromatic heterocycles. The predicted octanol–water partition coefficient (Wildman–Crippen LogP) is 3.31. The number of carbonyl (C=O) groups excluding carboxylic acids is 1. The second-order valence-electron chi connectivity index (χ2n) is 5.95. The zero-order valence-electron chi connectivity index (χ0n) is 14.5. The molecule has 2 rings (SSSR count). The van der Waals surface area contributed by atoms with E-state index in [1.807, 2.05) is 25.3 Å². The molecule has 0 bridgehead atoms. The molecule has 1 amide bonds. The Morgan fingerprint density at radius 2 is 2.16 bits per heavy atom. The minimum Gasteiger partial charge on any atom is -0.488 e. The van der Waals surface area contributed by atoms with E-state index in [2.05, 4.69) is 5.32 Å². The van der Waals surface area contributed by atoms with Crippen molar-refractivity contribution in [3.05, 3.63) is 41.5 Å². The third-order valence-corrected chi connectivity index (χ3v) is 4.26. The SMILES string of the molecule is CC(=O)N(c1ccc(OCC(O)CNC(C)C)c(F)c1)c1cccs1. The third-order valence-electron chi connectivity index (χ3n) is 3.41. The van der Waals surface area contributed by atoms with E-state index in [0.29, 0.717) is 12.2 Å². The summed E-state index contributed by atoms with van der Waals surface area (Å²) in [7, 11) is 0. The van der Waals surface area contributed by atoms with Crippen molar-refractivity contribution >= 4 is 27.9 Å². The summed E-state index contributed by atoms with van der Waals surface area (Å²) in [5.74, 6) is -0.739. The van der Waals surface area contributed by atoms with Gasteiger partial charge in [-0.25, -0.2) is 4.39 Å². The van der Waals surface area contributed by atoms with Crippen LogP contribution in [0, 0.1) is 5.82 Å². The number of hydrogen-bond donors (Lipinski definition) is 2. The molecule has 136 valence electrons. The van der Waals surface area contributed by atoms with Gasteiger partial charge in [-0.05, 0) is 29.6 Å². The molecule has 1 heterocycles. The second-order valence-corrected chi connectivity index (χ2v) is 6.87. The molecule has 5 nitrogen and oxygen atoms in total. The summed E-state index contributed by atoms with van der Waals surface area (Å²) in [6.07, 6.45) is -0.735. The molecular formula is C18H23FN2O3S. The summed E-state index contributed by atoms with van der Waals surface area (Å²) in [5, 5.41) is 15.5. The summed E-state index contributed by atoms with van der Waals surface area (Å²) < 4.78 is 19.7. The number of amides is 1. The van der Waals surface area contributed by atoms with Gasteiger partial charge in [-0.3, -0.25) is 9.69 Å². The number of rotatable bonds is 8. The first-order valence-corrected chi connectivity index (χ1v) is 8.94. The average Bonchev–Trinajstić information content (AvgIpc) is 3.06. The number of nitrogens with one attached hydrogen (secondary N) is 1. The van der Waals surface area contributed by atoms with Crippen LogP contribution in [0.1, 0.15) is 20.8 Å². The van der Waals surface area contributed by atoms with Gasteiger partial charge >= 0.3 is 0 Å². The van der Waals surface area contributed by atoms with Crippen LogP contribution in [0.4, 0.5) is 15.1 Å². The van der Waals surface area contributed by atoms with Crippen LogP contribution < -0.4 is 15.0 Å². The van der Waals surface area contributed by atoms with Gasteiger partial charge in [0, 0.05) is 25.6 Å². The summed E-state index contributed by atoms with van der Waals surface area (Å²) in [5.41, 5.74) is 0.432. The third kappa shape index (κ3) is 5.52. The number of nitrogens with zero attached hydrogens (tertiary/aromatic N) is 1. The number of benzene rings is 1. The van der Waals surface area contributed by atoms with Gasteiger partial charge in [0.15, 0.2) is 11.6 Å². The van der Waals surface area contributed by atoms with Crippen molar-refractivity contribution in [2.45, 2.75) is 32.9 Å². The largest absolute Gasteiger partial charge is 0.488 e. The Hall–Kier alpha value is -1.96. The number of thiophene rings is 1. The van der Waals surface area contributed by atoms with Gasteiger partial charge in [0.2, 0.25) is 5.91 Å². The number of carbonyl (C=O) groups is 1. The molecule has 1 atom stereocenters. The van der Waals surface area contributed by atoms with Crippen molar-refractivity contribution in [1.82, 2.24) is 5.32 Å². The van der Waals surface area contributed by atoms with Crippen molar-refractivity contribution in [2.24, 2.45) is 0 Å². The zero-order chi connectivity index (χ0) is 18.4. The Kier molecular flexibility index (Phi) is 6.92. The van der Waals surface area contributed by atoms with E-state index in [1.165, 1.54) is 35.3 Å². The highest BCUT2D eigenvalue weighted by molar-refractivity contribution is 7.14. The molecule has 0 aliphatic heterocycles. The highest BCUT2D eigenvalue weighted by Gasteiger charge is 2.17. The van der Waals surface area contributed by atoms with E-state index >= 15 is 0 Å². The fraction of sp³-hybridized carbons (Fsp3) is 0.389. The quantitative estimate of drug-likeness (QED) is 0.752. The Labute approximate surface area is 151 Å². The number of halogens is 1. The van der Waals surface area contributed by atoms with E-state index in [-0.39, 0.29) is 24.3 Å². The summed E-state index contributed by atoms with van der Waals surface area (Å²) >= 11 is 1.40. The highest BCUT2D eigenvalue weighted by atomic mass is 32.1. The first-order chi connectivity index (χ1) is 11.9. The molecule has 0 aliphatic rings. The second kappa shape index (κ2) is 8.94. The standard InChI is InChI=1S/C18H23FN2O3S/c1-12(2)20-10-15(23)11-24-17-7-6-14(9-16(17)19)21(13(3)22)18-5-4-8-25-18/h4-9,12,15,20,23H,10-11H2,1-3H3. The van der Waals surface area contributed by atoms with Crippen molar-refractivity contribution in [3.8, 4) is 5.75 Å². The van der Waals surface area contributed by atoms with E-state index < -0.39 is 11.9 Å². The predicted molar refractivity (Wildman–Crippen MR) is 98.2 cm³/mol. The van der Waals surface area contributed by atoms with Crippen LogP contribution in [0.2, 0.25) is 0 Å². The smallest absolute Gasteiger partial charge is 0.229 e. The van der Waals surface area contributed by atoms with Crippen LogP contribution in [-0.4, -0.2) is 36.3 Å². The fourth-order valence-corrected chi connectivity index (χ4v) is 3.02. The maximum Gasteiger partial charge on any atom is 0.229 e. The molecule has 25 heavy (non-hydrogen) atoms. The van der Waals surface area contributed by atoms with Gasteiger partial charge in [0.05, 0.1) is 5.69 Å². The Morgan fingerprint density at radius 1 is 1.40 bits per heavy atom. The summed E-state index contributed by atoms with van der Waals surface area (Å²) in [6, 6.07) is 8.23. The normalized spacial score (nSPS) is 12.2. The van der Waals surface area contributed by atoms with Gasteiger partial charge in [-0.15, -0.1) is 11.3 Å².